The monoisotopic (exact) mass is 395 g/mol. The van der Waals surface area contributed by atoms with Crippen molar-refractivity contribution in [1.82, 2.24) is 0 Å². The quantitative estimate of drug-likeness (QED) is 0.444. The molecule has 0 saturated carbocycles. The molecule has 0 saturated heterocycles. The van der Waals surface area contributed by atoms with E-state index in [0.29, 0.717) is 6.42 Å². The van der Waals surface area contributed by atoms with Crippen LogP contribution in [0.1, 0.15) is 90.0 Å². The second-order valence-electron chi connectivity index (χ2n) is 8.76. The molecule has 0 spiro atoms. The molecule has 0 aromatic rings. The SMILES string of the molecule is C.C.CC(C)(O)CCC(C)(C)C(OO)C(C)(C)C(C)(C)C.[Y]. The van der Waals surface area contributed by atoms with Crippen LogP contribution in [-0.2, 0) is 37.6 Å². The molecular weight excluding hydrogens is 353 g/mol. The summed E-state index contributed by atoms with van der Waals surface area (Å²) in [6, 6.07) is 0. The van der Waals surface area contributed by atoms with Crippen molar-refractivity contribution in [3.63, 3.8) is 0 Å². The van der Waals surface area contributed by atoms with E-state index in [-0.39, 0.29) is 69.9 Å². The number of hydrogen-bond donors (Lipinski definition) is 2. The van der Waals surface area contributed by atoms with Crippen LogP contribution in [0.5, 0.6) is 0 Å². The standard InChI is InChI=1S/C16H34O3.2CH4.Y/c1-13(2,3)16(8,9)12(19-18)14(4,5)10-11-15(6,7)17;;;/h12,17-18H,10-11H2,1-9H3;2*1H4;. The van der Waals surface area contributed by atoms with E-state index in [4.69, 9.17) is 4.89 Å². The molecule has 22 heavy (non-hydrogen) atoms. The Morgan fingerprint density at radius 2 is 1.18 bits per heavy atom. The van der Waals surface area contributed by atoms with Gasteiger partial charge in [-0.15, -0.1) is 0 Å². The van der Waals surface area contributed by atoms with Gasteiger partial charge in [-0.25, -0.2) is 4.89 Å². The molecule has 0 aliphatic rings. The average Bonchev–Trinajstić information content (AvgIpc) is 2.12. The molecule has 0 aliphatic heterocycles. The Kier molecular flexibility index (Phi) is 14.1. The summed E-state index contributed by atoms with van der Waals surface area (Å²) in [5.41, 5.74) is -1.09. The van der Waals surface area contributed by atoms with Gasteiger partial charge >= 0.3 is 0 Å². The van der Waals surface area contributed by atoms with Crippen molar-refractivity contribution in [3.05, 3.63) is 0 Å². The molecule has 1 unspecified atom stereocenters. The smallest absolute Gasteiger partial charge is 0.103 e. The number of aliphatic hydroxyl groups is 1. The van der Waals surface area contributed by atoms with E-state index in [1.165, 1.54) is 0 Å². The first kappa shape index (κ1) is 30.8. The summed E-state index contributed by atoms with van der Waals surface area (Å²) in [5, 5.41) is 19.3. The largest absolute Gasteiger partial charge is 0.390 e. The Balaban J connectivity index is -0.000000540. The molecule has 0 aliphatic carbocycles. The van der Waals surface area contributed by atoms with Gasteiger partial charge in [-0.1, -0.05) is 63.3 Å². The molecule has 4 heteroatoms. The zero-order valence-electron chi connectivity index (χ0n) is 14.9. The maximum atomic E-state index is 9.89. The van der Waals surface area contributed by atoms with Gasteiger partial charge in [0.1, 0.15) is 6.10 Å². The molecule has 0 amide bonds. The summed E-state index contributed by atoms with van der Waals surface area (Å²) in [7, 11) is 0. The minimum absolute atomic E-state index is 0. The van der Waals surface area contributed by atoms with Crippen molar-refractivity contribution < 1.29 is 48.0 Å². The van der Waals surface area contributed by atoms with Crippen LogP contribution < -0.4 is 0 Å². The van der Waals surface area contributed by atoms with E-state index >= 15 is 0 Å². The van der Waals surface area contributed by atoms with Crippen LogP contribution in [0.15, 0.2) is 0 Å². The summed E-state index contributed by atoms with van der Waals surface area (Å²) in [5.74, 6) is 0. The molecule has 0 aromatic heterocycles. The Bertz CT molecular complexity index is 286. The second kappa shape index (κ2) is 10.1. The van der Waals surface area contributed by atoms with E-state index in [0.717, 1.165) is 6.42 Å². The first-order valence-electron chi connectivity index (χ1n) is 7.18. The van der Waals surface area contributed by atoms with Gasteiger partial charge in [0, 0.05) is 32.7 Å². The van der Waals surface area contributed by atoms with E-state index < -0.39 is 5.60 Å². The fourth-order valence-electron chi connectivity index (χ4n) is 2.40. The van der Waals surface area contributed by atoms with Gasteiger partial charge < -0.3 is 5.11 Å². The summed E-state index contributed by atoms with van der Waals surface area (Å²) in [6.45, 7) is 18.5. The predicted octanol–water partition coefficient (Wildman–Crippen LogP) is 5.76. The topological polar surface area (TPSA) is 49.7 Å². The van der Waals surface area contributed by atoms with Crippen LogP contribution in [0.2, 0.25) is 0 Å². The van der Waals surface area contributed by atoms with Crippen molar-refractivity contribution in [2.75, 3.05) is 0 Å². The molecule has 2 N–H and O–H groups in total. The van der Waals surface area contributed by atoms with Crippen LogP contribution in [0, 0.1) is 16.2 Å². The normalized spacial score (nSPS) is 14.3. The molecular formula is C18H42O3Y. The Morgan fingerprint density at radius 1 is 0.818 bits per heavy atom. The Labute approximate surface area is 165 Å². The van der Waals surface area contributed by atoms with E-state index in [9.17, 15) is 10.4 Å². The van der Waals surface area contributed by atoms with Gasteiger partial charge in [0.2, 0.25) is 0 Å². The van der Waals surface area contributed by atoms with E-state index in [1.807, 2.05) is 13.8 Å². The van der Waals surface area contributed by atoms with Gasteiger partial charge in [0.15, 0.2) is 0 Å². The number of rotatable bonds is 6. The fourth-order valence-corrected chi connectivity index (χ4v) is 2.40. The van der Waals surface area contributed by atoms with Crippen LogP contribution in [-0.4, -0.2) is 22.1 Å². The van der Waals surface area contributed by atoms with Crippen molar-refractivity contribution in [2.24, 2.45) is 16.2 Å². The maximum absolute atomic E-state index is 9.89. The van der Waals surface area contributed by atoms with Crippen LogP contribution >= 0.6 is 0 Å². The van der Waals surface area contributed by atoms with Gasteiger partial charge in [0.25, 0.3) is 0 Å². The van der Waals surface area contributed by atoms with Gasteiger partial charge in [-0.05, 0) is 42.9 Å². The Hall–Kier alpha value is 0.984. The summed E-state index contributed by atoms with van der Waals surface area (Å²) >= 11 is 0. The first-order valence-corrected chi connectivity index (χ1v) is 7.18. The van der Waals surface area contributed by atoms with Crippen molar-refractivity contribution in [2.45, 2.75) is 102 Å². The van der Waals surface area contributed by atoms with Crippen molar-refractivity contribution in [3.8, 4) is 0 Å². The van der Waals surface area contributed by atoms with E-state index in [1.54, 1.807) is 0 Å². The zero-order valence-corrected chi connectivity index (χ0v) is 17.7. The van der Waals surface area contributed by atoms with Crippen LogP contribution in [0.4, 0.5) is 0 Å². The average molecular weight is 395 g/mol. The minimum atomic E-state index is -0.691. The molecule has 0 fully saturated rings. The van der Waals surface area contributed by atoms with Crippen LogP contribution in [0.3, 0.4) is 0 Å². The zero-order chi connectivity index (χ0) is 15.7. The number of hydrogen-bond acceptors (Lipinski definition) is 3. The molecule has 0 bridgehead atoms. The molecule has 1 radical (unpaired) electrons. The molecule has 0 rings (SSSR count). The third-order valence-electron chi connectivity index (χ3n) is 4.78. The molecule has 3 nitrogen and oxygen atoms in total. The van der Waals surface area contributed by atoms with Crippen LogP contribution in [0.25, 0.3) is 0 Å². The van der Waals surface area contributed by atoms with Crippen molar-refractivity contribution in [1.29, 1.82) is 0 Å². The Morgan fingerprint density at radius 3 is 1.41 bits per heavy atom. The van der Waals surface area contributed by atoms with Gasteiger partial charge in [-0.2, -0.15) is 0 Å². The maximum Gasteiger partial charge on any atom is 0.103 e. The fraction of sp³-hybridized carbons (Fsp3) is 1.00. The minimum Gasteiger partial charge on any atom is -0.390 e. The predicted molar refractivity (Wildman–Crippen MR) is 93.5 cm³/mol. The third kappa shape index (κ3) is 8.73. The second-order valence-corrected chi connectivity index (χ2v) is 8.76. The summed E-state index contributed by atoms with van der Waals surface area (Å²) in [6.07, 6.45) is 1.18. The molecule has 135 valence electrons. The van der Waals surface area contributed by atoms with E-state index in [2.05, 4.69) is 48.5 Å². The molecule has 1 atom stereocenters. The first-order chi connectivity index (χ1) is 8.15. The third-order valence-corrected chi connectivity index (χ3v) is 4.78. The summed E-state index contributed by atoms with van der Waals surface area (Å²) < 4.78 is 0. The molecule has 0 heterocycles. The summed E-state index contributed by atoms with van der Waals surface area (Å²) in [4.78, 5) is 4.89. The van der Waals surface area contributed by atoms with Crippen molar-refractivity contribution >= 4 is 0 Å². The van der Waals surface area contributed by atoms with Gasteiger partial charge in [-0.3, -0.25) is 5.26 Å². The van der Waals surface area contributed by atoms with Gasteiger partial charge in [0.05, 0.1) is 5.60 Å². The molecule has 0 aromatic carbocycles.